The van der Waals surface area contributed by atoms with E-state index in [1.807, 2.05) is 0 Å². The van der Waals surface area contributed by atoms with E-state index in [-0.39, 0.29) is 17.3 Å². The molecule has 2 aliphatic rings. The van der Waals surface area contributed by atoms with E-state index in [4.69, 9.17) is 0 Å². The highest BCUT2D eigenvalue weighted by Crippen LogP contribution is 2.31. The minimum Gasteiger partial charge on any atom is -0.316 e. The van der Waals surface area contributed by atoms with Gasteiger partial charge in [-0.05, 0) is 55.6 Å². The van der Waals surface area contributed by atoms with Crippen LogP contribution in [0.5, 0.6) is 0 Å². The molecule has 0 aromatic heterocycles. The van der Waals surface area contributed by atoms with Crippen molar-refractivity contribution in [3.8, 4) is 0 Å². The summed E-state index contributed by atoms with van der Waals surface area (Å²) in [4.78, 5) is 0.224. The van der Waals surface area contributed by atoms with Gasteiger partial charge in [0.2, 0.25) is 10.0 Å². The number of rotatable bonds is 2. The smallest absolute Gasteiger partial charge is 0.243 e. The van der Waals surface area contributed by atoms with Crippen molar-refractivity contribution in [1.82, 2.24) is 9.62 Å². The van der Waals surface area contributed by atoms with Crippen LogP contribution in [-0.4, -0.2) is 38.9 Å². The molecular formula is C13H18ClFN2O2S. The quantitative estimate of drug-likeness (QED) is 0.896. The molecule has 1 N–H and O–H groups in total. The Labute approximate surface area is 124 Å². The second-order valence-electron chi connectivity index (χ2n) is 5.41. The zero-order valence-electron chi connectivity index (χ0n) is 11.2. The van der Waals surface area contributed by atoms with E-state index in [1.54, 1.807) is 11.2 Å². The van der Waals surface area contributed by atoms with Crippen molar-refractivity contribution >= 4 is 22.4 Å². The molecule has 1 aromatic rings. The molecule has 2 atom stereocenters. The van der Waals surface area contributed by atoms with Gasteiger partial charge in [0.05, 0.1) is 4.90 Å². The molecule has 2 aliphatic heterocycles. The Morgan fingerprint density at radius 2 is 1.85 bits per heavy atom. The summed E-state index contributed by atoms with van der Waals surface area (Å²) in [5.41, 5.74) is 0.468. The average molecular weight is 321 g/mol. The van der Waals surface area contributed by atoms with Crippen LogP contribution in [0, 0.1) is 24.6 Å². The monoisotopic (exact) mass is 320 g/mol. The summed E-state index contributed by atoms with van der Waals surface area (Å²) < 4.78 is 39.8. The fourth-order valence-corrected chi connectivity index (χ4v) is 4.81. The van der Waals surface area contributed by atoms with E-state index in [1.165, 1.54) is 18.2 Å². The lowest BCUT2D eigenvalue weighted by atomic mass is 10.0. The van der Waals surface area contributed by atoms with Gasteiger partial charge in [-0.25, -0.2) is 12.8 Å². The minimum absolute atomic E-state index is 0. The summed E-state index contributed by atoms with van der Waals surface area (Å²) >= 11 is 0. The molecule has 20 heavy (non-hydrogen) atoms. The number of hydrogen-bond donors (Lipinski definition) is 1. The molecule has 1 aromatic carbocycles. The molecule has 0 aliphatic carbocycles. The number of fused-ring (bicyclic) bond motifs is 1. The number of aryl methyl sites for hydroxylation is 1. The number of hydrogen-bond acceptors (Lipinski definition) is 3. The lowest BCUT2D eigenvalue weighted by molar-refractivity contribution is 0.447. The molecule has 112 valence electrons. The molecule has 0 amide bonds. The molecule has 2 heterocycles. The van der Waals surface area contributed by atoms with Gasteiger partial charge in [0.15, 0.2) is 0 Å². The summed E-state index contributed by atoms with van der Waals surface area (Å²) in [6, 6.07) is 3.84. The first-order valence-electron chi connectivity index (χ1n) is 6.45. The van der Waals surface area contributed by atoms with Crippen molar-refractivity contribution < 1.29 is 12.8 Å². The zero-order chi connectivity index (χ0) is 13.6. The van der Waals surface area contributed by atoms with Crippen LogP contribution in [0.4, 0.5) is 4.39 Å². The third-order valence-corrected chi connectivity index (χ3v) is 6.10. The number of halogens is 2. The van der Waals surface area contributed by atoms with Crippen LogP contribution in [0.25, 0.3) is 0 Å². The average Bonchev–Trinajstić information content (AvgIpc) is 2.87. The van der Waals surface area contributed by atoms with Crippen molar-refractivity contribution in [2.75, 3.05) is 26.2 Å². The number of nitrogens with zero attached hydrogens (tertiary/aromatic N) is 1. The van der Waals surface area contributed by atoms with E-state index >= 15 is 0 Å². The summed E-state index contributed by atoms with van der Waals surface area (Å²) in [6.45, 7) is 4.54. The zero-order valence-corrected chi connectivity index (χ0v) is 12.8. The Kier molecular flexibility index (Phi) is 4.39. The van der Waals surface area contributed by atoms with Crippen molar-refractivity contribution in [2.45, 2.75) is 11.8 Å². The van der Waals surface area contributed by atoms with Gasteiger partial charge in [-0.15, -0.1) is 12.4 Å². The highest BCUT2D eigenvalue weighted by Gasteiger charge is 2.41. The SMILES string of the molecule is Cc1cc(F)ccc1S(=O)(=O)N1C[C@H]2CNC[C@H]2C1.Cl. The third kappa shape index (κ3) is 2.57. The maximum absolute atomic E-state index is 13.1. The molecule has 7 heteroatoms. The predicted octanol–water partition coefficient (Wildman–Crippen LogP) is 1.40. The van der Waals surface area contributed by atoms with Crippen LogP contribution in [0.2, 0.25) is 0 Å². The van der Waals surface area contributed by atoms with Crippen molar-refractivity contribution in [1.29, 1.82) is 0 Å². The van der Waals surface area contributed by atoms with Gasteiger partial charge in [-0.2, -0.15) is 4.31 Å². The summed E-state index contributed by atoms with van der Waals surface area (Å²) in [6.07, 6.45) is 0. The van der Waals surface area contributed by atoms with Crippen LogP contribution in [0.3, 0.4) is 0 Å². The number of nitrogens with one attached hydrogen (secondary N) is 1. The molecule has 4 nitrogen and oxygen atoms in total. The van der Waals surface area contributed by atoms with Gasteiger partial charge < -0.3 is 5.32 Å². The Morgan fingerprint density at radius 3 is 2.40 bits per heavy atom. The Hall–Kier alpha value is -0.690. The summed E-state index contributed by atoms with van der Waals surface area (Å²) in [5, 5.41) is 3.28. The lowest BCUT2D eigenvalue weighted by Gasteiger charge is -2.18. The van der Waals surface area contributed by atoms with Gasteiger partial charge in [-0.3, -0.25) is 0 Å². The van der Waals surface area contributed by atoms with E-state index < -0.39 is 15.8 Å². The number of sulfonamides is 1. The van der Waals surface area contributed by atoms with Gasteiger partial charge in [0.25, 0.3) is 0 Å². The molecule has 2 fully saturated rings. The Balaban J connectivity index is 0.00000147. The van der Waals surface area contributed by atoms with Crippen LogP contribution in [-0.2, 0) is 10.0 Å². The molecule has 0 saturated carbocycles. The van der Waals surface area contributed by atoms with Crippen molar-refractivity contribution in [3.63, 3.8) is 0 Å². The van der Waals surface area contributed by atoms with Gasteiger partial charge in [0.1, 0.15) is 5.82 Å². The highest BCUT2D eigenvalue weighted by atomic mass is 35.5. The topological polar surface area (TPSA) is 49.4 Å². The second kappa shape index (κ2) is 5.60. The van der Waals surface area contributed by atoms with Crippen LogP contribution in [0.1, 0.15) is 5.56 Å². The van der Waals surface area contributed by atoms with Crippen LogP contribution < -0.4 is 5.32 Å². The maximum Gasteiger partial charge on any atom is 0.243 e. The second-order valence-corrected chi connectivity index (χ2v) is 7.32. The van der Waals surface area contributed by atoms with Gasteiger partial charge in [0, 0.05) is 13.1 Å². The molecule has 0 spiro atoms. The maximum atomic E-state index is 13.1. The fourth-order valence-electron chi connectivity index (χ4n) is 3.05. The molecule has 0 radical (unpaired) electrons. The summed E-state index contributed by atoms with van der Waals surface area (Å²) in [7, 11) is -3.49. The van der Waals surface area contributed by atoms with Gasteiger partial charge in [-0.1, -0.05) is 0 Å². The lowest BCUT2D eigenvalue weighted by Crippen LogP contribution is -2.32. The highest BCUT2D eigenvalue weighted by molar-refractivity contribution is 7.89. The predicted molar refractivity (Wildman–Crippen MR) is 77.0 cm³/mol. The largest absolute Gasteiger partial charge is 0.316 e. The van der Waals surface area contributed by atoms with Crippen LogP contribution in [0.15, 0.2) is 23.1 Å². The summed E-state index contributed by atoms with van der Waals surface area (Å²) in [5.74, 6) is 0.421. The van der Waals surface area contributed by atoms with E-state index in [0.29, 0.717) is 30.5 Å². The molecule has 0 bridgehead atoms. The first kappa shape index (κ1) is 15.7. The van der Waals surface area contributed by atoms with Gasteiger partial charge >= 0.3 is 0 Å². The molecule has 2 saturated heterocycles. The third-order valence-electron chi connectivity index (χ3n) is 4.11. The van der Waals surface area contributed by atoms with E-state index in [2.05, 4.69) is 5.32 Å². The molecule has 0 unspecified atom stereocenters. The normalized spacial score (nSPS) is 26.3. The van der Waals surface area contributed by atoms with E-state index in [9.17, 15) is 12.8 Å². The number of benzene rings is 1. The Bertz CT molecular complexity index is 596. The van der Waals surface area contributed by atoms with Crippen molar-refractivity contribution in [2.24, 2.45) is 11.8 Å². The first-order chi connectivity index (χ1) is 8.98. The molecular weight excluding hydrogens is 303 g/mol. The molecule has 3 rings (SSSR count). The first-order valence-corrected chi connectivity index (χ1v) is 7.89. The fraction of sp³-hybridized carbons (Fsp3) is 0.538. The van der Waals surface area contributed by atoms with E-state index in [0.717, 1.165) is 13.1 Å². The Morgan fingerprint density at radius 1 is 1.25 bits per heavy atom. The van der Waals surface area contributed by atoms with Crippen LogP contribution >= 0.6 is 12.4 Å². The minimum atomic E-state index is -3.49. The standard InChI is InChI=1S/C13H17FN2O2S.ClH/c1-9-4-12(14)2-3-13(9)19(17,18)16-7-10-5-15-6-11(10)8-16;/h2-4,10-11,15H,5-8H2,1H3;1H/t10-,11+;. The van der Waals surface area contributed by atoms with Crippen molar-refractivity contribution in [3.05, 3.63) is 29.6 Å².